The SMILES string of the molecule is N#Cc1c(-c2ccccc2)nn(-c2ccccc2Cl)c1Cl. The van der Waals surface area contributed by atoms with Crippen LogP contribution in [0.5, 0.6) is 0 Å². The minimum Gasteiger partial charge on any atom is -0.219 e. The van der Waals surface area contributed by atoms with E-state index in [0.29, 0.717) is 22.0 Å². The van der Waals surface area contributed by atoms with E-state index in [4.69, 9.17) is 23.2 Å². The fourth-order valence-electron chi connectivity index (χ4n) is 2.08. The second kappa shape index (κ2) is 5.61. The summed E-state index contributed by atoms with van der Waals surface area (Å²) in [7, 11) is 0. The highest BCUT2D eigenvalue weighted by atomic mass is 35.5. The fourth-order valence-corrected chi connectivity index (χ4v) is 2.55. The molecule has 0 aliphatic carbocycles. The van der Waals surface area contributed by atoms with Crippen LogP contribution < -0.4 is 0 Å². The number of aromatic nitrogens is 2. The molecular formula is C16H9Cl2N3. The van der Waals surface area contributed by atoms with Crippen LogP contribution in [0.4, 0.5) is 0 Å². The van der Waals surface area contributed by atoms with Crippen molar-refractivity contribution in [1.82, 2.24) is 9.78 Å². The zero-order valence-electron chi connectivity index (χ0n) is 10.8. The first kappa shape index (κ1) is 13.7. The van der Waals surface area contributed by atoms with Crippen LogP contribution in [0, 0.1) is 11.3 Å². The molecule has 0 aliphatic heterocycles. The van der Waals surface area contributed by atoms with Crippen LogP contribution in [0.25, 0.3) is 16.9 Å². The maximum absolute atomic E-state index is 9.37. The molecule has 0 fully saturated rings. The molecule has 0 saturated heterocycles. The summed E-state index contributed by atoms with van der Waals surface area (Å²) < 4.78 is 1.49. The predicted octanol–water partition coefficient (Wildman–Crippen LogP) is 4.72. The van der Waals surface area contributed by atoms with E-state index in [9.17, 15) is 5.26 Å². The summed E-state index contributed by atoms with van der Waals surface area (Å²) in [6, 6.07) is 18.8. The normalized spacial score (nSPS) is 10.3. The number of hydrogen-bond acceptors (Lipinski definition) is 2. The summed E-state index contributed by atoms with van der Waals surface area (Å²) in [5.74, 6) is 0. The quantitative estimate of drug-likeness (QED) is 0.687. The molecule has 0 unspecified atom stereocenters. The molecule has 5 heteroatoms. The molecule has 0 amide bonds. The summed E-state index contributed by atoms with van der Waals surface area (Å²) >= 11 is 12.5. The molecule has 3 aromatic rings. The van der Waals surface area contributed by atoms with Crippen LogP contribution >= 0.6 is 23.2 Å². The van der Waals surface area contributed by atoms with Gasteiger partial charge in [-0.25, -0.2) is 4.68 Å². The minimum absolute atomic E-state index is 0.254. The van der Waals surface area contributed by atoms with Crippen LogP contribution in [0.15, 0.2) is 54.6 Å². The van der Waals surface area contributed by atoms with Gasteiger partial charge >= 0.3 is 0 Å². The number of hydrogen-bond donors (Lipinski definition) is 0. The van der Waals surface area contributed by atoms with Crippen molar-refractivity contribution in [2.24, 2.45) is 0 Å². The summed E-state index contributed by atoms with van der Waals surface area (Å²) in [6.45, 7) is 0. The van der Waals surface area contributed by atoms with Gasteiger partial charge in [-0.1, -0.05) is 65.7 Å². The van der Waals surface area contributed by atoms with Crippen molar-refractivity contribution in [2.45, 2.75) is 0 Å². The van der Waals surface area contributed by atoms with Gasteiger partial charge in [-0.2, -0.15) is 10.4 Å². The number of benzene rings is 2. The third-order valence-electron chi connectivity index (χ3n) is 3.07. The molecular weight excluding hydrogens is 305 g/mol. The van der Waals surface area contributed by atoms with Gasteiger partial charge in [0.1, 0.15) is 17.3 Å². The third-order valence-corrected chi connectivity index (χ3v) is 3.74. The molecule has 3 rings (SSSR count). The van der Waals surface area contributed by atoms with Crippen molar-refractivity contribution in [3.8, 4) is 23.0 Å². The zero-order chi connectivity index (χ0) is 14.8. The molecule has 0 bridgehead atoms. The van der Waals surface area contributed by atoms with Gasteiger partial charge in [0.25, 0.3) is 0 Å². The Hall–Kier alpha value is -2.28. The Labute approximate surface area is 132 Å². The van der Waals surface area contributed by atoms with Gasteiger partial charge in [-0.05, 0) is 12.1 Å². The largest absolute Gasteiger partial charge is 0.219 e. The fraction of sp³-hybridized carbons (Fsp3) is 0. The third kappa shape index (κ3) is 2.40. The van der Waals surface area contributed by atoms with Gasteiger partial charge in [-0.3, -0.25) is 0 Å². The van der Waals surface area contributed by atoms with E-state index in [2.05, 4.69) is 11.2 Å². The Balaban J connectivity index is 2.25. The molecule has 0 radical (unpaired) electrons. The molecule has 1 heterocycles. The van der Waals surface area contributed by atoms with Crippen molar-refractivity contribution in [3.05, 3.63) is 70.3 Å². The van der Waals surface area contributed by atoms with Gasteiger partial charge in [-0.15, -0.1) is 0 Å². The van der Waals surface area contributed by atoms with E-state index in [1.165, 1.54) is 4.68 Å². The molecule has 1 aromatic heterocycles. The van der Waals surface area contributed by atoms with Crippen LogP contribution in [0.1, 0.15) is 5.56 Å². The Morgan fingerprint density at radius 1 is 0.952 bits per heavy atom. The molecule has 0 saturated carbocycles. The summed E-state index contributed by atoms with van der Waals surface area (Å²) in [6.07, 6.45) is 0. The Morgan fingerprint density at radius 2 is 1.62 bits per heavy atom. The predicted molar refractivity (Wildman–Crippen MR) is 83.7 cm³/mol. The Morgan fingerprint density at radius 3 is 2.29 bits per heavy atom. The van der Waals surface area contributed by atoms with E-state index in [-0.39, 0.29) is 5.15 Å². The van der Waals surface area contributed by atoms with Crippen molar-refractivity contribution in [1.29, 1.82) is 5.26 Å². The molecule has 2 aromatic carbocycles. The van der Waals surface area contributed by atoms with Gasteiger partial charge < -0.3 is 0 Å². The van der Waals surface area contributed by atoms with Crippen LogP contribution in [0.2, 0.25) is 10.2 Å². The number of nitriles is 1. The molecule has 0 atom stereocenters. The van der Waals surface area contributed by atoms with Crippen LogP contribution in [0.3, 0.4) is 0 Å². The lowest BCUT2D eigenvalue weighted by atomic mass is 10.1. The highest BCUT2D eigenvalue weighted by Crippen LogP contribution is 2.31. The second-order valence-corrected chi connectivity index (χ2v) is 5.12. The topological polar surface area (TPSA) is 41.6 Å². The first-order valence-corrected chi connectivity index (χ1v) is 6.97. The standard InChI is InChI=1S/C16H9Cl2N3/c17-13-8-4-5-9-14(13)21-16(18)12(10-19)15(20-21)11-6-2-1-3-7-11/h1-9H. The van der Waals surface area contributed by atoms with E-state index >= 15 is 0 Å². The maximum Gasteiger partial charge on any atom is 0.151 e. The van der Waals surface area contributed by atoms with Crippen molar-refractivity contribution in [3.63, 3.8) is 0 Å². The maximum atomic E-state index is 9.37. The first-order valence-electron chi connectivity index (χ1n) is 6.21. The van der Waals surface area contributed by atoms with Gasteiger partial charge in [0.15, 0.2) is 5.15 Å². The minimum atomic E-state index is 0.254. The van der Waals surface area contributed by atoms with Gasteiger partial charge in [0, 0.05) is 5.56 Å². The average molecular weight is 314 g/mol. The molecule has 0 aliphatic rings. The highest BCUT2D eigenvalue weighted by molar-refractivity contribution is 6.33. The number of nitrogens with zero attached hydrogens (tertiary/aromatic N) is 3. The summed E-state index contributed by atoms with van der Waals surface area (Å²) in [4.78, 5) is 0. The lowest BCUT2D eigenvalue weighted by molar-refractivity contribution is 0.885. The van der Waals surface area contributed by atoms with Gasteiger partial charge in [0.05, 0.1) is 10.7 Å². The summed E-state index contributed by atoms with van der Waals surface area (Å²) in [5, 5.41) is 14.6. The van der Waals surface area contributed by atoms with Crippen molar-refractivity contribution >= 4 is 23.2 Å². The monoisotopic (exact) mass is 313 g/mol. The van der Waals surface area contributed by atoms with Gasteiger partial charge in [0.2, 0.25) is 0 Å². The average Bonchev–Trinajstić information content (AvgIpc) is 2.85. The first-order chi connectivity index (χ1) is 10.2. The number of halogens is 2. The Bertz CT molecular complexity index is 832. The Kier molecular flexibility index (Phi) is 3.66. The van der Waals surface area contributed by atoms with Crippen LogP contribution in [-0.2, 0) is 0 Å². The van der Waals surface area contributed by atoms with E-state index in [0.717, 1.165) is 5.56 Å². The molecule has 0 N–H and O–H groups in total. The van der Waals surface area contributed by atoms with Crippen molar-refractivity contribution in [2.75, 3.05) is 0 Å². The van der Waals surface area contributed by atoms with E-state index < -0.39 is 0 Å². The summed E-state index contributed by atoms with van der Waals surface area (Å²) in [5.41, 5.74) is 2.36. The molecule has 0 spiro atoms. The lowest BCUT2D eigenvalue weighted by Gasteiger charge is -2.04. The van der Waals surface area contributed by atoms with Crippen molar-refractivity contribution < 1.29 is 0 Å². The number of para-hydroxylation sites is 1. The molecule has 21 heavy (non-hydrogen) atoms. The lowest BCUT2D eigenvalue weighted by Crippen LogP contribution is -1.97. The van der Waals surface area contributed by atoms with E-state index in [1.54, 1.807) is 12.1 Å². The molecule has 102 valence electrons. The molecule has 3 nitrogen and oxygen atoms in total. The highest BCUT2D eigenvalue weighted by Gasteiger charge is 2.19. The van der Waals surface area contributed by atoms with Crippen LogP contribution in [-0.4, -0.2) is 9.78 Å². The smallest absolute Gasteiger partial charge is 0.151 e. The number of rotatable bonds is 2. The zero-order valence-corrected chi connectivity index (χ0v) is 12.3. The second-order valence-electron chi connectivity index (χ2n) is 4.36. The van der Waals surface area contributed by atoms with E-state index in [1.807, 2.05) is 42.5 Å².